The van der Waals surface area contributed by atoms with Crippen molar-refractivity contribution in [2.45, 2.75) is 108 Å². The number of fused-ring (bicyclic) bond motifs is 1. The van der Waals surface area contributed by atoms with Gasteiger partial charge in [-0.15, -0.1) is 0 Å². The van der Waals surface area contributed by atoms with Crippen LogP contribution in [0.3, 0.4) is 0 Å². The van der Waals surface area contributed by atoms with Crippen LogP contribution in [-0.2, 0) is 34.0 Å². The monoisotopic (exact) mass is 1320 g/mol. The summed E-state index contributed by atoms with van der Waals surface area (Å²) in [6.45, 7) is 13.3. The maximum absolute atomic E-state index is 13.6. The number of hydrogen-bond acceptors (Lipinski definition) is 17. The molecule has 4 aromatic rings. The number of rotatable bonds is 25. The number of benzene rings is 4. The first-order valence-corrected chi connectivity index (χ1v) is 34.0. The van der Waals surface area contributed by atoms with Crippen molar-refractivity contribution >= 4 is 39.8 Å². The number of carboxylic acids is 4. The van der Waals surface area contributed by atoms with E-state index in [1.54, 1.807) is 27.4 Å². The second-order valence-electron chi connectivity index (χ2n) is 25.6. The summed E-state index contributed by atoms with van der Waals surface area (Å²) in [5.74, 6) is -1.65. The molecular weight excluding hydrogens is 1210 g/mol. The number of nitrogens with zero attached hydrogens (tertiary/aromatic N) is 6. The maximum atomic E-state index is 13.6. The summed E-state index contributed by atoms with van der Waals surface area (Å²) in [6.07, 6.45) is 5.11. The molecule has 1 amide bonds. The number of likely N-dealkylation sites (tertiary alicyclic amines) is 4. The van der Waals surface area contributed by atoms with Gasteiger partial charge in [-0.3, -0.25) is 28.9 Å². The molecule has 5 aliphatic heterocycles. The van der Waals surface area contributed by atoms with Crippen LogP contribution >= 0.6 is 0 Å². The summed E-state index contributed by atoms with van der Waals surface area (Å²) in [6, 6.07) is 28.2. The fourth-order valence-corrected chi connectivity index (χ4v) is 14.2. The van der Waals surface area contributed by atoms with Crippen LogP contribution in [0.2, 0.25) is 0 Å². The smallest absolute Gasteiger partial charge is 0.308 e. The molecule has 4 saturated heterocycles. The van der Waals surface area contributed by atoms with Crippen molar-refractivity contribution in [3.63, 3.8) is 0 Å². The number of hydrogen-bond donors (Lipinski definition) is 5. The van der Waals surface area contributed by atoms with Crippen LogP contribution in [0.1, 0.15) is 106 Å². The SMILES string of the molecule is CCCCN(CCCCN(C)C)C(=O)CN1C[C@H](c2ccc3c(c2)OCO3)[C@@H](C(=O)O)[C@@H]1CCNS(C)(=O)=O.COc1ccc([C@H]2CN(C)[C@@H](C)[C@@H]2C(=O)O)cc1.COc1ccc([C@H]2CN(C)[C@@H](C)[C@@H]2C(=O)O)cc1.COc1ccc([C@H]2CN(C)[C@@H](C)[C@@H]2C(=O)O)cc1. The van der Waals surface area contributed by atoms with E-state index >= 15 is 0 Å². The van der Waals surface area contributed by atoms with E-state index < -0.39 is 51.8 Å². The summed E-state index contributed by atoms with van der Waals surface area (Å²) in [4.78, 5) is 72.7. The fourth-order valence-electron chi connectivity index (χ4n) is 13.7. The number of carboxylic acid groups (broad SMARTS) is 4. The van der Waals surface area contributed by atoms with Crippen molar-refractivity contribution in [2.75, 3.05) is 129 Å². The third kappa shape index (κ3) is 20.2. The molecule has 0 saturated carbocycles. The molecule has 0 radical (unpaired) electrons. The van der Waals surface area contributed by atoms with Crippen molar-refractivity contribution in [3.8, 4) is 28.7 Å². The van der Waals surface area contributed by atoms with Crippen LogP contribution in [0.25, 0.3) is 0 Å². The number of carbonyl (C=O) groups excluding carboxylic acids is 1. The first kappa shape index (κ1) is 75.0. The molecule has 5 N–H and O–H groups in total. The van der Waals surface area contributed by atoms with E-state index in [2.05, 4.69) is 31.2 Å². The van der Waals surface area contributed by atoms with Gasteiger partial charge in [-0.25, -0.2) is 13.1 Å². The zero-order valence-electron chi connectivity index (χ0n) is 56.5. The average molecular weight is 1320 g/mol. The summed E-state index contributed by atoms with van der Waals surface area (Å²) < 4.78 is 52.2. The van der Waals surface area contributed by atoms with Gasteiger partial charge >= 0.3 is 23.9 Å². The molecule has 12 atom stereocenters. The van der Waals surface area contributed by atoms with E-state index in [4.69, 9.17) is 23.7 Å². The predicted molar refractivity (Wildman–Crippen MR) is 355 cm³/mol. The molecule has 23 nitrogen and oxygen atoms in total. The topological polar surface area (TPSA) is 278 Å². The minimum Gasteiger partial charge on any atom is -0.497 e. The molecule has 4 aromatic carbocycles. The lowest BCUT2D eigenvalue weighted by Crippen LogP contribution is -2.45. The first-order valence-electron chi connectivity index (χ1n) is 32.1. The van der Waals surface area contributed by atoms with Crippen LogP contribution in [0.5, 0.6) is 28.7 Å². The zero-order valence-corrected chi connectivity index (χ0v) is 57.3. The Hall–Kier alpha value is -7.06. The Kier molecular flexibility index (Phi) is 28.1. The maximum Gasteiger partial charge on any atom is 0.308 e. The first-order chi connectivity index (χ1) is 44.1. The Morgan fingerprint density at radius 2 is 0.925 bits per heavy atom. The van der Waals surface area contributed by atoms with Crippen molar-refractivity contribution in [1.82, 2.24) is 34.1 Å². The highest BCUT2D eigenvalue weighted by Crippen LogP contribution is 2.44. The number of ether oxygens (including phenoxy) is 5. The van der Waals surface area contributed by atoms with Gasteiger partial charge in [0.15, 0.2) is 11.5 Å². The van der Waals surface area contributed by atoms with Crippen LogP contribution in [0.4, 0.5) is 0 Å². The molecule has 0 spiro atoms. The Balaban J connectivity index is 0.000000213. The normalized spacial score (nSPS) is 25.2. The van der Waals surface area contributed by atoms with Gasteiger partial charge < -0.3 is 68.6 Å². The summed E-state index contributed by atoms with van der Waals surface area (Å²) in [5.41, 5.74) is 4.01. The number of methoxy groups -OCH3 is 3. The van der Waals surface area contributed by atoms with E-state index in [1.807, 2.05) is 151 Å². The second-order valence-corrected chi connectivity index (χ2v) is 27.4. The standard InChI is InChI=1S/C27H44N4O7S.3C14H19NO3/c1-5-6-14-30(15-8-7-13-29(2)3)25(32)18-31-17-21(20-9-10-23-24(16-20)38-19-37-23)26(27(33)34)22(31)11-12-28-39(4,35)36;3*1-9-13(14(16)17)12(8-15(9)2)10-4-6-11(18-3)7-5-10/h9-10,16,21-22,26,28H,5-8,11-15,17-19H2,1-4H3,(H,33,34);3*4-7,9,12-13H,8H2,1-3H3,(H,16,17)/t21-,22+,26-;3*9-,12+,13-/m1000/s1. The summed E-state index contributed by atoms with van der Waals surface area (Å²) >= 11 is 0. The molecule has 0 unspecified atom stereocenters. The van der Waals surface area contributed by atoms with Crippen molar-refractivity contribution in [2.24, 2.45) is 23.7 Å². The predicted octanol–water partition coefficient (Wildman–Crippen LogP) is 7.23. The van der Waals surface area contributed by atoms with Gasteiger partial charge in [-0.2, -0.15) is 0 Å². The quantitative estimate of drug-likeness (QED) is 0.0409. The third-order valence-corrected chi connectivity index (χ3v) is 20.0. The highest BCUT2D eigenvalue weighted by molar-refractivity contribution is 7.88. The van der Waals surface area contributed by atoms with E-state index in [-0.39, 0.29) is 85.8 Å². The number of sulfonamides is 1. The molecule has 93 heavy (non-hydrogen) atoms. The van der Waals surface area contributed by atoms with Crippen LogP contribution in [0, 0.1) is 23.7 Å². The molecule has 5 heterocycles. The van der Waals surface area contributed by atoms with E-state index in [9.17, 15) is 52.8 Å². The minimum absolute atomic E-state index is 0.0233. The molecule has 0 bridgehead atoms. The lowest BCUT2D eigenvalue weighted by atomic mass is 9.84. The highest BCUT2D eigenvalue weighted by Gasteiger charge is 2.48. The van der Waals surface area contributed by atoms with Gasteiger partial charge in [0, 0.05) is 93.7 Å². The highest BCUT2D eigenvalue weighted by atomic mass is 32.2. The number of amides is 1. The van der Waals surface area contributed by atoms with E-state index in [1.165, 1.54) is 0 Å². The zero-order chi connectivity index (χ0) is 68.4. The molecule has 514 valence electrons. The fraction of sp³-hybridized carbons (Fsp3) is 0.580. The van der Waals surface area contributed by atoms with Gasteiger partial charge in [0.25, 0.3) is 0 Å². The lowest BCUT2D eigenvalue weighted by Gasteiger charge is -2.30. The van der Waals surface area contributed by atoms with Crippen LogP contribution in [0.15, 0.2) is 91.0 Å². The van der Waals surface area contributed by atoms with Gasteiger partial charge in [-0.1, -0.05) is 55.8 Å². The van der Waals surface area contributed by atoms with Crippen molar-refractivity contribution < 1.29 is 76.5 Å². The minimum atomic E-state index is -3.43. The van der Waals surface area contributed by atoms with E-state index in [0.29, 0.717) is 31.1 Å². The van der Waals surface area contributed by atoms with E-state index in [0.717, 1.165) is 97.6 Å². The lowest BCUT2D eigenvalue weighted by molar-refractivity contribution is -0.144. The number of likely N-dealkylation sites (N-methyl/N-ethyl adjacent to an activating group) is 3. The van der Waals surface area contributed by atoms with Crippen molar-refractivity contribution in [3.05, 3.63) is 113 Å². The van der Waals surface area contributed by atoms with Crippen LogP contribution < -0.4 is 28.4 Å². The molecular formula is C69H101N7O16S. The second kappa shape index (κ2) is 34.9. The molecule has 24 heteroatoms. The summed E-state index contributed by atoms with van der Waals surface area (Å²) in [5, 5.41) is 38.5. The molecule has 0 aliphatic carbocycles. The van der Waals surface area contributed by atoms with Gasteiger partial charge in [0.2, 0.25) is 22.7 Å². The molecule has 4 fully saturated rings. The van der Waals surface area contributed by atoms with Gasteiger partial charge in [0.05, 0.1) is 57.8 Å². The number of aliphatic carboxylic acids is 4. The third-order valence-electron chi connectivity index (χ3n) is 19.3. The van der Waals surface area contributed by atoms with Gasteiger partial charge in [0.1, 0.15) is 17.2 Å². The largest absolute Gasteiger partial charge is 0.497 e. The number of carbonyl (C=O) groups is 5. The average Bonchev–Trinajstić information content (AvgIpc) is 1.69. The number of nitrogens with one attached hydrogen (secondary N) is 1. The molecule has 9 rings (SSSR count). The van der Waals surface area contributed by atoms with Crippen molar-refractivity contribution in [1.29, 1.82) is 0 Å². The molecule has 0 aromatic heterocycles. The Labute approximate surface area is 549 Å². The Morgan fingerprint density at radius 3 is 1.30 bits per heavy atom. The Morgan fingerprint density at radius 1 is 0.548 bits per heavy atom. The van der Waals surface area contributed by atoms with Crippen LogP contribution in [-0.4, -0.2) is 241 Å². The number of unbranched alkanes of at least 4 members (excludes halogenated alkanes) is 2. The molecule has 5 aliphatic rings. The van der Waals surface area contributed by atoms with Gasteiger partial charge in [-0.05, 0) is 159 Å². The summed E-state index contributed by atoms with van der Waals surface area (Å²) in [7, 11) is 11.4. The Bertz CT molecular complexity index is 2980.